The zero-order chi connectivity index (χ0) is 17.1. The van der Waals surface area contributed by atoms with E-state index in [-0.39, 0.29) is 23.7 Å². The number of aliphatic hydroxyl groups excluding tert-OH is 1. The molecular weight excluding hydrogens is 311 g/mol. The lowest BCUT2D eigenvalue weighted by Crippen LogP contribution is -2.54. The summed E-state index contributed by atoms with van der Waals surface area (Å²) in [6.07, 6.45) is 0.895. The van der Waals surface area contributed by atoms with Crippen LogP contribution >= 0.6 is 0 Å². The molecule has 2 aliphatic heterocycles. The number of halogens is 1. The molecule has 5 nitrogen and oxygen atoms in total. The summed E-state index contributed by atoms with van der Waals surface area (Å²) < 4.78 is 18.4. The standard InChI is InChI=1S/C18H25FN2O3/c1-20-10-11-24-12-16(20)18(23)21-8-6-14(7-9-21)17(22)13-2-4-15(19)5-3-13/h2-5,14,16-17,22H,6-12H2,1H3/t16-,17-/m1/s1. The Bertz CT molecular complexity index is 558. The van der Waals surface area contributed by atoms with Crippen molar-refractivity contribution in [2.24, 2.45) is 5.92 Å². The molecule has 2 saturated heterocycles. The van der Waals surface area contributed by atoms with Gasteiger partial charge >= 0.3 is 0 Å². The number of rotatable bonds is 3. The van der Waals surface area contributed by atoms with Gasteiger partial charge in [0.15, 0.2) is 0 Å². The van der Waals surface area contributed by atoms with Gasteiger partial charge in [-0.05, 0) is 43.5 Å². The van der Waals surface area contributed by atoms with Crippen LogP contribution in [0.3, 0.4) is 0 Å². The van der Waals surface area contributed by atoms with E-state index in [1.807, 2.05) is 16.8 Å². The third-order valence-electron chi connectivity index (χ3n) is 5.19. The molecule has 1 amide bonds. The van der Waals surface area contributed by atoms with Crippen molar-refractivity contribution in [2.45, 2.75) is 25.0 Å². The number of hydrogen-bond donors (Lipinski definition) is 1. The fourth-order valence-electron chi connectivity index (χ4n) is 3.52. The van der Waals surface area contributed by atoms with E-state index >= 15 is 0 Å². The molecule has 2 aliphatic rings. The van der Waals surface area contributed by atoms with Crippen molar-refractivity contribution in [3.8, 4) is 0 Å². The first kappa shape index (κ1) is 17.3. The Hall–Kier alpha value is -1.50. The van der Waals surface area contributed by atoms with Gasteiger partial charge in [-0.1, -0.05) is 12.1 Å². The Morgan fingerprint density at radius 3 is 2.54 bits per heavy atom. The molecule has 1 aromatic carbocycles. The summed E-state index contributed by atoms with van der Waals surface area (Å²) in [5.41, 5.74) is 0.738. The van der Waals surface area contributed by atoms with E-state index in [1.54, 1.807) is 12.1 Å². The molecule has 0 saturated carbocycles. The number of aliphatic hydroxyl groups is 1. The maximum Gasteiger partial charge on any atom is 0.242 e. The van der Waals surface area contributed by atoms with Gasteiger partial charge in [-0.2, -0.15) is 0 Å². The first-order valence-electron chi connectivity index (χ1n) is 8.56. The minimum Gasteiger partial charge on any atom is -0.388 e. The Labute approximate surface area is 142 Å². The van der Waals surface area contributed by atoms with Crippen molar-refractivity contribution in [3.05, 3.63) is 35.6 Å². The molecule has 1 N–H and O–H groups in total. The number of hydrogen-bond acceptors (Lipinski definition) is 4. The molecule has 2 heterocycles. The molecule has 2 fully saturated rings. The van der Waals surface area contributed by atoms with Crippen LogP contribution in [0.5, 0.6) is 0 Å². The Morgan fingerprint density at radius 2 is 1.92 bits per heavy atom. The first-order chi connectivity index (χ1) is 11.6. The monoisotopic (exact) mass is 336 g/mol. The average molecular weight is 336 g/mol. The van der Waals surface area contributed by atoms with Crippen LogP contribution in [0.1, 0.15) is 24.5 Å². The van der Waals surface area contributed by atoms with Crippen molar-refractivity contribution in [1.29, 1.82) is 0 Å². The molecule has 2 atom stereocenters. The molecule has 0 unspecified atom stereocenters. The average Bonchev–Trinajstić information content (AvgIpc) is 2.62. The van der Waals surface area contributed by atoms with E-state index in [1.165, 1.54) is 12.1 Å². The fraction of sp³-hybridized carbons (Fsp3) is 0.611. The summed E-state index contributed by atoms with van der Waals surface area (Å²) >= 11 is 0. The predicted octanol–water partition coefficient (Wildman–Crippen LogP) is 1.43. The Kier molecular flexibility index (Phi) is 5.48. The number of morpholine rings is 1. The van der Waals surface area contributed by atoms with Crippen LogP contribution in [0.25, 0.3) is 0 Å². The number of likely N-dealkylation sites (N-methyl/N-ethyl adjacent to an activating group) is 1. The molecule has 0 spiro atoms. The Morgan fingerprint density at radius 1 is 1.25 bits per heavy atom. The van der Waals surface area contributed by atoms with Crippen LogP contribution in [0, 0.1) is 11.7 Å². The second kappa shape index (κ2) is 7.59. The van der Waals surface area contributed by atoms with Crippen LogP contribution in [-0.4, -0.2) is 66.8 Å². The predicted molar refractivity (Wildman–Crippen MR) is 87.9 cm³/mol. The van der Waals surface area contributed by atoms with Crippen LogP contribution in [-0.2, 0) is 9.53 Å². The molecule has 3 rings (SSSR count). The van der Waals surface area contributed by atoms with Crippen molar-refractivity contribution < 1.29 is 19.0 Å². The van der Waals surface area contributed by atoms with Crippen molar-refractivity contribution in [3.63, 3.8) is 0 Å². The fourth-order valence-corrected chi connectivity index (χ4v) is 3.52. The third kappa shape index (κ3) is 3.77. The van der Waals surface area contributed by atoms with Crippen LogP contribution in [0.15, 0.2) is 24.3 Å². The maximum atomic E-state index is 13.0. The van der Waals surface area contributed by atoms with Gasteiger partial charge in [-0.25, -0.2) is 4.39 Å². The molecule has 132 valence electrons. The lowest BCUT2D eigenvalue weighted by molar-refractivity contribution is -0.144. The smallest absolute Gasteiger partial charge is 0.242 e. The van der Waals surface area contributed by atoms with E-state index in [9.17, 15) is 14.3 Å². The molecular formula is C18H25FN2O3. The van der Waals surface area contributed by atoms with Gasteiger partial charge in [-0.15, -0.1) is 0 Å². The highest BCUT2D eigenvalue weighted by molar-refractivity contribution is 5.82. The molecule has 6 heteroatoms. The number of amides is 1. The minimum absolute atomic E-state index is 0.0971. The van der Waals surface area contributed by atoms with Gasteiger partial charge in [0.1, 0.15) is 11.9 Å². The zero-order valence-corrected chi connectivity index (χ0v) is 14.0. The summed E-state index contributed by atoms with van der Waals surface area (Å²) in [5.74, 6) is -0.0862. The van der Waals surface area contributed by atoms with Crippen LogP contribution in [0.4, 0.5) is 4.39 Å². The number of piperidine rings is 1. The summed E-state index contributed by atoms with van der Waals surface area (Å²) in [4.78, 5) is 16.6. The zero-order valence-electron chi connectivity index (χ0n) is 14.0. The van der Waals surface area contributed by atoms with E-state index in [4.69, 9.17) is 4.74 Å². The highest BCUT2D eigenvalue weighted by Crippen LogP contribution is 2.31. The van der Waals surface area contributed by atoms with Gasteiger partial charge in [0.05, 0.1) is 19.3 Å². The number of carbonyl (C=O) groups is 1. The number of ether oxygens (including phenoxy) is 1. The minimum atomic E-state index is -0.608. The normalized spacial score (nSPS) is 24.8. The lowest BCUT2D eigenvalue weighted by atomic mass is 9.87. The highest BCUT2D eigenvalue weighted by Gasteiger charge is 2.34. The molecule has 0 aliphatic carbocycles. The van der Waals surface area contributed by atoms with Gasteiger partial charge < -0.3 is 14.7 Å². The summed E-state index contributed by atoms with van der Waals surface area (Å²) in [6.45, 7) is 3.19. The summed E-state index contributed by atoms with van der Waals surface area (Å²) in [7, 11) is 1.95. The van der Waals surface area contributed by atoms with E-state index in [0.717, 1.165) is 24.9 Å². The van der Waals surface area contributed by atoms with Crippen molar-refractivity contribution in [2.75, 3.05) is 39.9 Å². The number of likely N-dealkylation sites (tertiary alicyclic amines) is 1. The summed E-state index contributed by atoms with van der Waals surface area (Å²) in [5, 5.41) is 10.5. The number of benzene rings is 1. The third-order valence-corrected chi connectivity index (χ3v) is 5.19. The van der Waals surface area contributed by atoms with E-state index < -0.39 is 6.10 Å². The molecule has 24 heavy (non-hydrogen) atoms. The second-order valence-corrected chi connectivity index (χ2v) is 6.73. The van der Waals surface area contributed by atoms with Gasteiger partial charge in [0, 0.05) is 19.6 Å². The highest BCUT2D eigenvalue weighted by atomic mass is 19.1. The van der Waals surface area contributed by atoms with Crippen LogP contribution in [0.2, 0.25) is 0 Å². The van der Waals surface area contributed by atoms with Crippen molar-refractivity contribution >= 4 is 5.91 Å². The first-order valence-corrected chi connectivity index (χ1v) is 8.56. The second-order valence-electron chi connectivity index (χ2n) is 6.73. The molecule has 0 aromatic heterocycles. The van der Waals surface area contributed by atoms with E-state index in [2.05, 4.69) is 0 Å². The Balaban J connectivity index is 1.55. The number of carbonyl (C=O) groups excluding carboxylic acids is 1. The summed E-state index contributed by atoms with van der Waals surface area (Å²) in [6, 6.07) is 5.81. The quantitative estimate of drug-likeness (QED) is 0.907. The van der Waals surface area contributed by atoms with Crippen LogP contribution < -0.4 is 0 Å². The van der Waals surface area contributed by atoms with Gasteiger partial charge in [-0.3, -0.25) is 9.69 Å². The number of nitrogens with zero attached hydrogens (tertiary/aromatic N) is 2. The largest absolute Gasteiger partial charge is 0.388 e. The SMILES string of the molecule is CN1CCOC[C@@H]1C(=O)N1CCC([C@H](O)c2ccc(F)cc2)CC1. The maximum absolute atomic E-state index is 13.0. The topological polar surface area (TPSA) is 53.0 Å². The molecule has 0 bridgehead atoms. The molecule has 1 aromatic rings. The van der Waals surface area contributed by atoms with Crippen molar-refractivity contribution in [1.82, 2.24) is 9.80 Å². The van der Waals surface area contributed by atoms with Gasteiger partial charge in [0.25, 0.3) is 0 Å². The van der Waals surface area contributed by atoms with Gasteiger partial charge in [0.2, 0.25) is 5.91 Å². The lowest BCUT2D eigenvalue weighted by Gasteiger charge is -2.39. The molecule has 0 radical (unpaired) electrons. The van der Waals surface area contributed by atoms with E-state index in [0.29, 0.717) is 26.3 Å².